The Kier molecular flexibility index (Phi) is 4.88. The van der Waals surface area contributed by atoms with Crippen LogP contribution in [-0.4, -0.2) is 36.3 Å². The van der Waals surface area contributed by atoms with E-state index < -0.39 is 0 Å². The van der Waals surface area contributed by atoms with E-state index in [1.54, 1.807) is 13.2 Å². The number of rotatable bonds is 8. The molecule has 1 aromatic rings. The quantitative estimate of drug-likeness (QED) is 0.407. The minimum atomic E-state index is -0.107. The van der Waals surface area contributed by atoms with Crippen LogP contribution in [0.1, 0.15) is 32.1 Å². The molecule has 3 amide bonds. The Balaban J connectivity index is 1.07. The van der Waals surface area contributed by atoms with Gasteiger partial charge in [0.2, 0.25) is 17.7 Å². The van der Waals surface area contributed by atoms with Gasteiger partial charge in [-0.1, -0.05) is 24.6 Å². The normalized spacial score (nSPS) is 32.8. The van der Waals surface area contributed by atoms with Gasteiger partial charge in [-0.05, 0) is 55.1 Å². The van der Waals surface area contributed by atoms with Crippen LogP contribution in [0, 0.1) is 35.5 Å². The predicted octanol–water partition coefficient (Wildman–Crippen LogP) is 3.25. The maximum atomic E-state index is 12.9. The van der Waals surface area contributed by atoms with Crippen molar-refractivity contribution in [1.29, 1.82) is 0 Å². The molecule has 1 N–H and O–H groups in total. The van der Waals surface area contributed by atoms with Crippen molar-refractivity contribution < 1.29 is 19.1 Å². The van der Waals surface area contributed by atoms with Crippen LogP contribution in [-0.2, 0) is 14.4 Å². The van der Waals surface area contributed by atoms with E-state index >= 15 is 0 Å². The van der Waals surface area contributed by atoms with Crippen LogP contribution in [0.25, 0.3) is 0 Å². The molecule has 5 aliphatic rings. The van der Waals surface area contributed by atoms with E-state index in [-0.39, 0.29) is 41.4 Å². The lowest BCUT2D eigenvalue weighted by Gasteiger charge is -2.37. The lowest BCUT2D eigenvalue weighted by molar-refractivity contribution is -0.140. The van der Waals surface area contributed by atoms with Crippen LogP contribution in [0.5, 0.6) is 5.75 Å². The van der Waals surface area contributed by atoms with Crippen LogP contribution < -0.4 is 10.1 Å². The summed E-state index contributed by atoms with van der Waals surface area (Å²) in [6, 6.07) is 7.28. The van der Waals surface area contributed by atoms with E-state index in [4.69, 9.17) is 4.74 Å². The first kappa shape index (κ1) is 19.3. The van der Waals surface area contributed by atoms with Gasteiger partial charge in [-0.15, -0.1) is 0 Å². The van der Waals surface area contributed by atoms with E-state index in [1.807, 2.05) is 18.2 Å². The number of hydrogen-bond donors (Lipinski definition) is 1. The molecule has 1 saturated heterocycles. The van der Waals surface area contributed by atoms with Gasteiger partial charge in [0.25, 0.3) is 0 Å². The van der Waals surface area contributed by atoms with Crippen molar-refractivity contribution in [3.8, 4) is 5.75 Å². The molecule has 3 fully saturated rings. The van der Waals surface area contributed by atoms with Gasteiger partial charge in [0.1, 0.15) is 5.75 Å². The lowest BCUT2D eigenvalue weighted by Crippen LogP contribution is -2.40. The number of methoxy groups -OCH3 is 1. The number of hydrogen-bond acceptors (Lipinski definition) is 4. The van der Waals surface area contributed by atoms with Gasteiger partial charge >= 0.3 is 0 Å². The van der Waals surface area contributed by atoms with E-state index in [2.05, 4.69) is 17.5 Å². The number of nitrogens with one attached hydrogen (secondary N) is 1. The van der Waals surface area contributed by atoms with Crippen molar-refractivity contribution in [3.63, 3.8) is 0 Å². The molecule has 6 heteroatoms. The lowest BCUT2D eigenvalue weighted by atomic mass is 9.63. The highest BCUT2D eigenvalue weighted by molar-refractivity contribution is 6.06. The first-order valence-electron chi connectivity index (χ1n) is 11.1. The fraction of sp³-hybridized carbons (Fsp3) is 0.542. The van der Waals surface area contributed by atoms with Crippen LogP contribution in [0.4, 0.5) is 5.69 Å². The second-order valence-electron chi connectivity index (χ2n) is 9.07. The van der Waals surface area contributed by atoms with Gasteiger partial charge in [0.05, 0.1) is 18.9 Å². The molecule has 6 unspecified atom stereocenters. The Hall–Kier alpha value is -2.63. The highest BCUT2D eigenvalue weighted by atomic mass is 16.5. The first-order chi connectivity index (χ1) is 14.6. The zero-order valence-electron chi connectivity index (χ0n) is 17.3. The number of unbranched alkanes of at least 4 members (excludes halogenated alkanes) is 2. The second-order valence-corrected chi connectivity index (χ2v) is 9.07. The molecule has 1 heterocycles. The number of benzene rings is 1. The van der Waals surface area contributed by atoms with E-state index in [0.29, 0.717) is 30.6 Å². The molecule has 30 heavy (non-hydrogen) atoms. The van der Waals surface area contributed by atoms with E-state index in [9.17, 15) is 14.4 Å². The molecule has 158 valence electrons. The summed E-state index contributed by atoms with van der Waals surface area (Å²) in [5.41, 5.74) is 0.719. The number of imide groups is 1. The van der Waals surface area contributed by atoms with Crippen molar-refractivity contribution in [3.05, 3.63) is 36.4 Å². The Morgan fingerprint density at radius 3 is 2.43 bits per heavy atom. The number of carbonyl (C=O) groups is 3. The van der Waals surface area contributed by atoms with Crippen molar-refractivity contribution in [1.82, 2.24) is 4.90 Å². The van der Waals surface area contributed by atoms with Crippen molar-refractivity contribution in [2.45, 2.75) is 32.1 Å². The summed E-state index contributed by atoms with van der Waals surface area (Å²) in [5, 5.41) is 2.88. The maximum absolute atomic E-state index is 12.9. The molecule has 0 aromatic heterocycles. The summed E-state index contributed by atoms with van der Waals surface area (Å²) < 4.78 is 5.16. The SMILES string of the molecule is COc1cccc(NC(=O)CCCCCN2C(=O)C3C4C=CC(C5CC45)C3C2=O)c1. The highest BCUT2D eigenvalue weighted by Crippen LogP contribution is 2.65. The zero-order valence-corrected chi connectivity index (χ0v) is 17.3. The zero-order chi connectivity index (χ0) is 20.8. The number of ether oxygens (including phenoxy) is 1. The molecule has 6 atom stereocenters. The topological polar surface area (TPSA) is 75.7 Å². The molecule has 6 rings (SSSR count). The summed E-state index contributed by atoms with van der Waals surface area (Å²) in [6.07, 6.45) is 8.31. The van der Waals surface area contributed by atoms with Crippen LogP contribution in [0.15, 0.2) is 36.4 Å². The van der Waals surface area contributed by atoms with Crippen LogP contribution in [0.3, 0.4) is 0 Å². The molecule has 1 aliphatic heterocycles. The van der Waals surface area contributed by atoms with Crippen LogP contribution in [0.2, 0.25) is 0 Å². The molecule has 4 aliphatic carbocycles. The summed E-state index contributed by atoms with van der Waals surface area (Å²) in [7, 11) is 1.59. The minimum Gasteiger partial charge on any atom is -0.497 e. The third-order valence-electron chi connectivity index (χ3n) is 7.39. The van der Waals surface area contributed by atoms with Gasteiger partial charge < -0.3 is 10.1 Å². The van der Waals surface area contributed by atoms with Gasteiger partial charge in [-0.3, -0.25) is 19.3 Å². The number of carbonyl (C=O) groups excluding carboxylic acids is 3. The molecular weight excluding hydrogens is 380 g/mol. The standard InChI is InChI=1S/C24H28N2O4/c1-30-15-7-5-6-14(12-15)25-20(27)8-3-2-4-11-26-23(28)21-16-9-10-17(19-13-18(16)19)22(21)24(26)29/h5-7,9-10,12,16-19,21-22H,2-4,8,11,13H2,1H3,(H,25,27). The summed E-state index contributed by atoms with van der Waals surface area (Å²) in [5.74, 6) is 2.39. The first-order valence-corrected chi connectivity index (χ1v) is 11.1. The monoisotopic (exact) mass is 408 g/mol. The Morgan fingerprint density at radius 2 is 1.77 bits per heavy atom. The Morgan fingerprint density at radius 1 is 1.07 bits per heavy atom. The van der Waals surface area contributed by atoms with Crippen molar-refractivity contribution in [2.24, 2.45) is 35.5 Å². The van der Waals surface area contributed by atoms with Gasteiger partial charge in [-0.25, -0.2) is 0 Å². The second kappa shape index (κ2) is 7.56. The maximum Gasteiger partial charge on any atom is 0.233 e. The Bertz CT molecular complexity index is 874. The predicted molar refractivity (Wildman–Crippen MR) is 112 cm³/mol. The Labute approximate surface area is 176 Å². The van der Waals surface area contributed by atoms with E-state index in [0.717, 1.165) is 24.9 Å². The molecule has 2 saturated carbocycles. The summed E-state index contributed by atoms with van der Waals surface area (Å²) in [4.78, 5) is 39.5. The average Bonchev–Trinajstić information content (AvgIpc) is 3.53. The number of nitrogens with zero attached hydrogens (tertiary/aromatic N) is 1. The number of anilines is 1. The van der Waals surface area contributed by atoms with Gasteiger partial charge in [0, 0.05) is 24.7 Å². The average molecular weight is 408 g/mol. The molecule has 6 nitrogen and oxygen atoms in total. The van der Waals surface area contributed by atoms with Gasteiger partial charge in [0.15, 0.2) is 0 Å². The molecule has 0 radical (unpaired) electrons. The molecular formula is C24H28N2O4. The summed E-state index contributed by atoms with van der Waals surface area (Å²) in [6.45, 7) is 0.483. The molecule has 2 bridgehead atoms. The fourth-order valence-electron chi connectivity index (χ4n) is 5.90. The minimum absolute atomic E-state index is 0.0375. The summed E-state index contributed by atoms with van der Waals surface area (Å²) >= 11 is 0. The molecule has 0 spiro atoms. The largest absolute Gasteiger partial charge is 0.497 e. The number of likely N-dealkylation sites (tertiary alicyclic amines) is 1. The van der Waals surface area contributed by atoms with Gasteiger partial charge in [-0.2, -0.15) is 0 Å². The van der Waals surface area contributed by atoms with Crippen molar-refractivity contribution in [2.75, 3.05) is 19.0 Å². The highest BCUT2D eigenvalue weighted by Gasteiger charge is 2.66. The fourth-order valence-corrected chi connectivity index (χ4v) is 5.90. The van der Waals surface area contributed by atoms with E-state index in [1.165, 1.54) is 11.3 Å². The number of allylic oxidation sites excluding steroid dienone is 2. The molecule has 1 aromatic carbocycles. The third-order valence-corrected chi connectivity index (χ3v) is 7.39. The van der Waals surface area contributed by atoms with Crippen molar-refractivity contribution >= 4 is 23.4 Å². The third kappa shape index (κ3) is 3.22. The smallest absolute Gasteiger partial charge is 0.233 e. The van der Waals surface area contributed by atoms with Crippen LogP contribution >= 0.6 is 0 Å². The number of amides is 3.